The second-order valence-electron chi connectivity index (χ2n) is 8.15. The minimum Gasteiger partial charge on any atom is -0.381 e. The molecule has 0 atom stereocenters. The Hall–Kier alpha value is -1.89. The molecule has 2 fully saturated rings. The van der Waals surface area contributed by atoms with Crippen LogP contribution in [-0.4, -0.2) is 54.8 Å². The van der Waals surface area contributed by atoms with E-state index in [4.69, 9.17) is 16.3 Å². The summed E-state index contributed by atoms with van der Waals surface area (Å²) in [4.78, 5) is 11.3. The van der Waals surface area contributed by atoms with Crippen molar-refractivity contribution in [2.45, 2.75) is 31.6 Å². The van der Waals surface area contributed by atoms with Crippen molar-refractivity contribution in [1.82, 2.24) is 14.9 Å². The van der Waals surface area contributed by atoms with Crippen molar-refractivity contribution in [1.29, 1.82) is 0 Å². The summed E-state index contributed by atoms with van der Waals surface area (Å²) in [5.74, 6) is 2.49. The van der Waals surface area contributed by atoms with Crippen molar-refractivity contribution in [2.24, 2.45) is 5.92 Å². The number of aromatic nitrogens is 2. The molecule has 2 N–H and O–H groups in total. The molecule has 3 heterocycles. The highest BCUT2D eigenvalue weighted by Crippen LogP contribution is 2.29. The minimum atomic E-state index is 0.542. The maximum Gasteiger partial charge on any atom is 0.229 e. The molecule has 0 unspecified atom stereocenters. The lowest BCUT2D eigenvalue weighted by Gasteiger charge is -2.29. The molecule has 2 aliphatic heterocycles. The highest BCUT2D eigenvalue weighted by atomic mass is 35.5. The Kier molecular flexibility index (Phi) is 6.85. The van der Waals surface area contributed by atoms with E-state index in [1.54, 1.807) is 6.20 Å². The van der Waals surface area contributed by atoms with Gasteiger partial charge in [0.1, 0.15) is 5.02 Å². The first-order chi connectivity index (χ1) is 14.2. The van der Waals surface area contributed by atoms with Crippen LogP contribution in [-0.2, 0) is 4.74 Å². The van der Waals surface area contributed by atoms with E-state index in [2.05, 4.69) is 56.8 Å². The summed E-state index contributed by atoms with van der Waals surface area (Å²) in [5, 5.41) is 7.22. The Bertz CT molecular complexity index is 786. The summed E-state index contributed by atoms with van der Waals surface area (Å²) in [6.45, 7) is 4.87. The third-order valence-electron chi connectivity index (χ3n) is 6.00. The molecule has 0 radical (unpaired) electrons. The van der Waals surface area contributed by atoms with Crippen LogP contribution in [0.4, 0.5) is 17.5 Å². The van der Waals surface area contributed by atoms with E-state index in [0.717, 1.165) is 38.3 Å². The van der Waals surface area contributed by atoms with E-state index >= 15 is 0 Å². The van der Waals surface area contributed by atoms with Crippen LogP contribution >= 0.6 is 11.6 Å². The molecule has 0 aliphatic carbocycles. The SMILES string of the molecule is CN1CCC(c2ccc(Nc3ncc(Cl)c(NCC4CCOCC4)n3)cc2)CC1. The molecule has 2 saturated heterocycles. The first-order valence-electron chi connectivity index (χ1n) is 10.6. The third-order valence-corrected chi connectivity index (χ3v) is 6.28. The molecule has 2 aliphatic rings. The molecule has 0 amide bonds. The number of rotatable bonds is 6. The second kappa shape index (κ2) is 9.74. The molecule has 156 valence electrons. The number of nitrogens with one attached hydrogen (secondary N) is 2. The molecular weight excluding hydrogens is 386 g/mol. The van der Waals surface area contributed by atoms with Crippen molar-refractivity contribution in [3.8, 4) is 0 Å². The molecule has 7 heteroatoms. The molecule has 0 spiro atoms. The van der Waals surface area contributed by atoms with Gasteiger partial charge in [0.15, 0.2) is 5.82 Å². The van der Waals surface area contributed by atoms with Gasteiger partial charge >= 0.3 is 0 Å². The lowest BCUT2D eigenvalue weighted by Crippen LogP contribution is -2.29. The van der Waals surface area contributed by atoms with Gasteiger partial charge < -0.3 is 20.3 Å². The van der Waals surface area contributed by atoms with E-state index in [-0.39, 0.29) is 0 Å². The fourth-order valence-electron chi connectivity index (χ4n) is 4.05. The van der Waals surface area contributed by atoms with Gasteiger partial charge in [0.25, 0.3) is 0 Å². The van der Waals surface area contributed by atoms with Gasteiger partial charge in [0, 0.05) is 25.4 Å². The summed E-state index contributed by atoms with van der Waals surface area (Å²) in [7, 11) is 2.20. The van der Waals surface area contributed by atoms with Crippen LogP contribution < -0.4 is 10.6 Å². The van der Waals surface area contributed by atoms with E-state index in [1.807, 2.05) is 0 Å². The van der Waals surface area contributed by atoms with Crippen LogP contribution in [0.2, 0.25) is 5.02 Å². The van der Waals surface area contributed by atoms with Gasteiger partial charge in [-0.25, -0.2) is 4.98 Å². The lowest BCUT2D eigenvalue weighted by atomic mass is 9.89. The highest BCUT2D eigenvalue weighted by molar-refractivity contribution is 6.32. The minimum absolute atomic E-state index is 0.542. The Balaban J connectivity index is 1.36. The topological polar surface area (TPSA) is 62.3 Å². The molecule has 2 aromatic rings. The molecule has 4 rings (SSSR count). The molecule has 1 aromatic carbocycles. The monoisotopic (exact) mass is 415 g/mol. The average molecular weight is 416 g/mol. The van der Waals surface area contributed by atoms with Gasteiger partial charge in [-0.15, -0.1) is 0 Å². The zero-order chi connectivity index (χ0) is 20.1. The summed E-state index contributed by atoms with van der Waals surface area (Å²) in [5.41, 5.74) is 2.40. The maximum absolute atomic E-state index is 6.29. The Morgan fingerprint density at radius 1 is 1.10 bits per heavy atom. The van der Waals surface area contributed by atoms with Crippen LogP contribution in [0.15, 0.2) is 30.5 Å². The van der Waals surface area contributed by atoms with Crippen molar-refractivity contribution < 1.29 is 4.74 Å². The number of benzene rings is 1. The Morgan fingerprint density at radius 3 is 2.55 bits per heavy atom. The lowest BCUT2D eigenvalue weighted by molar-refractivity contribution is 0.0699. The van der Waals surface area contributed by atoms with Crippen LogP contribution in [0.3, 0.4) is 0 Å². The molecule has 0 bridgehead atoms. The summed E-state index contributed by atoms with van der Waals surface area (Å²) in [6, 6.07) is 8.67. The highest BCUT2D eigenvalue weighted by Gasteiger charge is 2.18. The number of likely N-dealkylation sites (tertiary alicyclic amines) is 1. The zero-order valence-electron chi connectivity index (χ0n) is 17.0. The summed E-state index contributed by atoms with van der Waals surface area (Å²) < 4.78 is 5.42. The Morgan fingerprint density at radius 2 is 1.83 bits per heavy atom. The number of ether oxygens (including phenoxy) is 1. The maximum atomic E-state index is 6.29. The van der Waals surface area contributed by atoms with Gasteiger partial charge in [0.05, 0.1) is 6.20 Å². The van der Waals surface area contributed by atoms with Crippen LogP contribution in [0, 0.1) is 5.92 Å². The standard InChI is InChI=1S/C22H30ClN5O/c1-28-10-6-18(7-11-28)17-2-4-19(5-3-17)26-22-25-15-20(23)21(27-22)24-14-16-8-12-29-13-9-16/h2-5,15-16,18H,6-14H2,1H3,(H2,24,25,26,27). The quantitative estimate of drug-likeness (QED) is 0.723. The smallest absolute Gasteiger partial charge is 0.229 e. The van der Waals surface area contributed by atoms with Crippen LogP contribution in [0.1, 0.15) is 37.2 Å². The van der Waals surface area contributed by atoms with Crippen LogP contribution in [0.5, 0.6) is 0 Å². The fourth-order valence-corrected chi connectivity index (χ4v) is 4.21. The zero-order valence-corrected chi connectivity index (χ0v) is 17.8. The van der Waals surface area contributed by atoms with E-state index in [9.17, 15) is 0 Å². The predicted molar refractivity (Wildman–Crippen MR) is 118 cm³/mol. The third kappa shape index (κ3) is 5.59. The average Bonchev–Trinajstić information content (AvgIpc) is 2.76. The number of anilines is 3. The second-order valence-corrected chi connectivity index (χ2v) is 8.56. The van der Waals surface area contributed by atoms with Crippen molar-refractivity contribution >= 4 is 29.1 Å². The number of hydrogen-bond acceptors (Lipinski definition) is 6. The molecular formula is C22H30ClN5O. The van der Waals surface area contributed by atoms with Gasteiger partial charge in [-0.2, -0.15) is 4.98 Å². The normalized spacial score (nSPS) is 19.2. The number of halogens is 1. The van der Waals surface area contributed by atoms with Gasteiger partial charge in [-0.1, -0.05) is 23.7 Å². The predicted octanol–water partition coefficient (Wildman–Crippen LogP) is 4.52. The van der Waals surface area contributed by atoms with E-state index < -0.39 is 0 Å². The molecule has 1 aromatic heterocycles. The summed E-state index contributed by atoms with van der Waals surface area (Å²) >= 11 is 6.29. The summed E-state index contributed by atoms with van der Waals surface area (Å²) in [6.07, 6.45) is 6.25. The number of piperidine rings is 1. The molecule has 29 heavy (non-hydrogen) atoms. The number of nitrogens with zero attached hydrogens (tertiary/aromatic N) is 3. The van der Waals surface area contributed by atoms with Crippen molar-refractivity contribution in [3.63, 3.8) is 0 Å². The van der Waals surface area contributed by atoms with Crippen molar-refractivity contribution in [3.05, 3.63) is 41.0 Å². The van der Waals surface area contributed by atoms with Crippen LogP contribution in [0.25, 0.3) is 0 Å². The first kappa shape index (κ1) is 20.4. The fraction of sp³-hybridized carbons (Fsp3) is 0.545. The van der Waals surface area contributed by atoms with Gasteiger partial charge in [-0.3, -0.25) is 0 Å². The van der Waals surface area contributed by atoms with E-state index in [0.29, 0.717) is 28.6 Å². The van der Waals surface area contributed by atoms with Gasteiger partial charge in [-0.05, 0) is 75.4 Å². The molecule has 0 saturated carbocycles. The van der Waals surface area contributed by atoms with Crippen molar-refractivity contribution in [2.75, 3.05) is 50.5 Å². The largest absolute Gasteiger partial charge is 0.381 e. The van der Waals surface area contributed by atoms with E-state index in [1.165, 1.54) is 31.5 Å². The first-order valence-corrected chi connectivity index (χ1v) is 10.9. The van der Waals surface area contributed by atoms with Gasteiger partial charge in [0.2, 0.25) is 5.95 Å². The number of hydrogen-bond donors (Lipinski definition) is 2. The molecule has 6 nitrogen and oxygen atoms in total. The Labute approximate surface area is 178 Å².